The molecule has 1 amide bonds. The highest BCUT2D eigenvalue weighted by Gasteiger charge is 2.38. The van der Waals surface area contributed by atoms with Gasteiger partial charge in [-0.05, 0) is 37.1 Å². The van der Waals surface area contributed by atoms with E-state index < -0.39 is 11.4 Å². The molecule has 1 saturated heterocycles. The van der Waals surface area contributed by atoms with Crippen LogP contribution in [0.5, 0.6) is 0 Å². The standard InChI is InChI=1S/C21H21FN8O/c22-15-1-3-16(4-2-15)27-20-18(19(24)31)13-30(28-20)21(5-8-23)6-9-29(10-7-21)17-11-25-14-26-12-17/h1-4,11-14H,5-7,9-10H2,(H2,24,31)(H,27,28). The van der Waals surface area contributed by atoms with Gasteiger partial charge in [0.1, 0.15) is 17.7 Å². The summed E-state index contributed by atoms with van der Waals surface area (Å²) >= 11 is 0. The van der Waals surface area contributed by atoms with Gasteiger partial charge in [-0.25, -0.2) is 14.4 Å². The molecule has 0 spiro atoms. The zero-order chi connectivity index (χ0) is 21.8. The van der Waals surface area contributed by atoms with Crippen molar-refractivity contribution in [2.75, 3.05) is 23.3 Å². The third kappa shape index (κ3) is 4.16. The third-order valence-electron chi connectivity index (χ3n) is 5.59. The number of nitrogens with two attached hydrogens (primary N) is 1. The molecule has 4 rings (SSSR count). The molecule has 3 aromatic rings. The molecular weight excluding hydrogens is 399 g/mol. The minimum Gasteiger partial charge on any atom is -0.369 e. The van der Waals surface area contributed by atoms with Crippen LogP contribution in [0, 0.1) is 17.1 Å². The summed E-state index contributed by atoms with van der Waals surface area (Å²) in [4.78, 5) is 22.3. The Morgan fingerprint density at radius 2 is 1.90 bits per heavy atom. The van der Waals surface area contributed by atoms with E-state index in [9.17, 15) is 14.4 Å². The molecule has 1 fully saturated rings. The van der Waals surface area contributed by atoms with Gasteiger partial charge in [0.25, 0.3) is 5.91 Å². The highest BCUT2D eigenvalue weighted by atomic mass is 19.1. The first-order valence-electron chi connectivity index (χ1n) is 9.80. The second-order valence-corrected chi connectivity index (χ2v) is 7.48. The van der Waals surface area contributed by atoms with E-state index in [1.165, 1.54) is 18.5 Å². The lowest BCUT2D eigenvalue weighted by Gasteiger charge is -2.41. The van der Waals surface area contributed by atoms with Crippen molar-refractivity contribution >= 4 is 23.1 Å². The van der Waals surface area contributed by atoms with Gasteiger partial charge in [-0.1, -0.05) is 0 Å². The van der Waals surface area contributed by atoms with Gasteiger partial charge in [0, 0.05) is 25.0 Å². The molecule has 0 bridgehead atoms. The maximum Gasteiger partial charge on any atom is 0.254 e. The van der Waals surface area contributed by atoms with Gasteiger partial charge in [-0.3, -0.25) is 9.48 Å². The summed E-state index contributed by atoms with van der Waals surface area (Å²) in [6.45, 7) is 1.36. The van der Waals surface area contributed by atoms with Crippen LogP contribution in [0.25, 0.3) is 0 Å². The van der Waals surface area contributed by atoms with E-state index in [-0.39, 0.29) is 23.6 Å². The maximum absolute atomic E-state index is 13.2. The molecule has 0 unspecified atom stereocenters. The number of piperidine rings is 1. The Balaban J connectivity index is 1.62. The van der Waals surface area contributed by atoms with Gasteiger partial charge in [0.2, 0.25) is 0 Å². The van der Waals surface area contributed by atoms with E-state index in [0.29, 0.717) is 31.6 Å². The molecule has 10 heteroatoms. The van der Waals surface area contributed by atoms with Crippen LogP contribution in [0.15, 0.2) is 49.2 Å². The molecule has 31 heavy (non-hydrogen) atoms. The molecular formula is C21H21FN8O. The Morgan fingerprint density at radius 3 is 2.52 bits per heavy atom. The lowest BCUT2D eigenvalue weighted by atomic mass is 9.85. The zero-order valence-electron chi connectivity index (χ0n) is 16.7. The molecule has 1 aliphatic heterocycles. The zero-order valence-corrected chi connectivity index (χ0v) is 16.7. The van der Waals surface area contributed by atoms with Crippen LogP contribution in [0.2, 0.25) is 0 Å². The van der Waals surface area contributed by atoms with Crippen molar-refractivity contribution < 1.29 is 9.18 Å². The molecule has 1 aromatic carbocycles. The fraction of sp³-hybridized carbons (Fsp3) is 0.286. The van der Waals surface area contributed by atoms with E-state index in [1.54, 1.807) is 35.4 Å². The third-order valence-corrected chi connectivity index (χ3v) is 5.59. The Morgan fingerprint density at radius 1 is 1.23 bits per heavy atom. The fourth-order valence-corrected chi connectivity index (χ4v) is 3.83. The lowest BCUT2D eigenvalue weighted by molar-refractivity contribution is 0.100. The van der Waals surface area contributed by atoms with Gasteiger partial charge >= 0.3 is 0 Å². The highest BCUT2D eigenvalue weighted by Crippen LogP contribution is 2.36. The number of aromatic nitrogens is 4. The Labute approximate surface area is 178 Å². The fourth-order valence-electron chi connectivity index (χ4n) is 3.83. The molecule has 158 valence electrons. The number of benzene rings is 1. The topological polar surface area (TPSA) is 126 Å². The van der Waals surface area contributed by atoms with Crippen molar-refractivity contribution in [2.45, 2.75) is 24.8 Å². The maximum atomic E-state index is 13.2. The van der Waals surface area contributed by atoms with Crippen molar-refractivity contribution in [1.82, 2.24) is 19.7 Å². The molecule has 0 aliphatic carbocycles. The van der Waals surface area contributed by atoms with Gasteiger partial charge in [-0.15, -0.1) is 0 Å². The SMILES string of the molecule is N#CCC1(n2cc(C(N)=O)c(Nc3ccc(F)cc3)n2)CCN(c2cncnc2)CC1. The van der Waals surface area contributed by atoms with Crippen LogP contribution < -0.4 is 16.0 Å². The van der Waals surface area contributed by atoms with Crippen LogP contribution in [0.1, 0.15) is 29.6 Å². The Kier molecular flexibility index (Phi) is 5.49. The number of nitriles is 1. The largest absolute Gasteiger partial charge is 0.369 e. The number of rotatable bonds is 6. The average Bonchev–Trinajstić information content (AvgIpc) is 3.21. The van der Waals surface area contributed by atoms with E-state index in [4.69, 9.17) is 5.73 Å². The van der Waals surface area contributed by atoms with E-state index in [1.807, 2.05) is 0 Å². The highest BCUT2D eigenvalue weighted by molar-refractivity contribution is 5.98. The van der Waals surface area contributed by atoms with Gasteiger partial charge in [-0.2, -0.15) is 10.4 Å². The molecule has 9 nitrogen and oxygen atoms in total. The van der Waals surface area contributed by atoms with Crippen LogP contribution in [0.3, 0.4) is 0 Å². The summed E-state index contributed by atoms with van der Waals surface area (Å²) < 4.78 is 14.9. The molecule has 3 N–H and O–H groups in total. The number of nitrogens with one attached hydrogen (secondary N) is 1. The van der Waals surface area contributed by atoms with Crippen molar-refractivity contribution in [3.8, 4) is 6.07 Å². The second-order valence-electron chi connectivity index (χ2n) is 7.48. The lowest BCUT2D eigenvalue weighted by Crippen LogP contribution is -2.46. The number of primary amides is 1. The summed E-state index contributed by atoms with van der Waals surface area (Å²) in [7, 11) is 0. The van der Waals surface area contributed by atoms with Gasteiger partial charge in [0.05, 0.1) is 36.1 Å². The van der Waals surface area contributed by atoms with Crippen LogP contribution in [-0.2, 0) is 5.54 Å². The molecule has 0 saturated carbocycles. The molecule has 1 aliphatic rings. The first-order chi connectivity index (χ1) is 15.0. The molecule has 3 heterocycles. The monoisotopic (exact) mass is 420 g/mol. The van der Waals surface area contributed by atoms with Gasteiger partial charge < -0.3 is 16.0 Å². The van der Waals surface area contributed by atoms with Gasteiger partial charge in [0.15, 0.2) is 5.82 Å². The predicted octanol–water partition coefficient (Wildman–Crippen LogP) is 2.56. The van der Waals surface area contributed by atoms with E-state index in [0.717, 1.165) is 5.69 Å². The number of nitrogens with zero attached hydrogens (tertiary/aromatic N) is 6. The Bertz CT molecular complexity index is 1100. The molecule has 0 radical (unpaired) electrons. The minimum atomic E-state index is -0.637. The number of amides is 1. The first kappa shape index (κ1) is 20.3. The summed E-state index contributed by atoms with van der Waals surface area (Å²) in [6.07, 6.45) is 8.12. The predicted molar refractivity (Wildman–Crippen MR) is 112 cm³/mol. The number of halogens is 1. The van der Waals surface area contributed by atoms with Crippen LogP contribution >= 0.6 is 0 Å². The number of carbonyl (C=O) groups is 1. The minimum absolute atomic E-state index is 0.209. The van der Waals surface area contributed by atoms with Crippen molar-refractivity contribution in [3.05, 3.63) is 60.6 Å². The summed E-state index contributed by atoms with van der Waals surface area (Å²) in [5.74, 6) is -0.730. The van der Waals surface area contributed by atoms with E-state index >= 15 is 0 Å². The summed E-state index contributed by atoms with van der Waals surface area (Å²) in [5, 5.41) is 17.1. The Hall–Kier alpha value is -4.00. The smallest absolute Gasteiger partial charge is 0.254 e. The first-order valence-corrected chi connectivity index (χ1v) is 9.80. The van der Waals surface area contributed by atoms with Crippen molar-refractivity contribution in [3.63, 3.8) is 0 Å². The van der Waals surface area contributed by atoms with Crippen molar-refractivity contribution in [1.29, 1.82) is 5.26 Å². The number of hydrogen-bond acceptors (Lipinski definition) is 7. The van der Waals surface area contributed by atoms with Crippen LogP contribution in [-0.4, -0.2) is 38.7 Å². The summed E-state index contributed by atoms with van der Waals surface area (Å²) in [6, 6.07) is 7.97. The van der Waals surface area contributed by atoms with Crippen molar-refractivity contribution in [2.24, 2.45) is 5.73 Å². The number of carbonyl (C=O) groups excluding carboxylic acids is 1. The van der Waals surface area contributed by atoms with E-state index in [2.05, 4.69) is 31.4 Å². The number of hydrogen-bond donors (Lipinski definition) is 2. The second kappa shape index (κ2) is 8.39. The van der Waals surface area contributed by atoms with Crippen LogP contribution in [0.4, 0.5) is 21.6 Å². The molecule has 0 atom stereocenters. The summed E-state index contributed by atoms with van der Waals surface area (Å²) in [5.41, 5.74) is 6.70. The molecule has 2 aromatic heterocycles. The normalized spacial score (nSPS) is 15.3. The number of anilines is 3. The quantitative estimate of drug-likeness (QED) is 0.628. The average molecular weight is 420 g/mol.